The predicted octanol–water partition coefficient (Wildman–Crippen LogP) is 5.24. The van der Waals surface area contributed by atoms with E-state index in [4.69, 9.17) is 0 Å². The van der Waals surface area contributed by atoms with Crippen LogP contribution in [-0.4, -0.2) is 10.8 Å². The molecule has 0 saturated carbocycles. The highest BCUT2D eigenvalue weighted by molar-refractivity contribution is 5.94. The van der Waals surface area contributed by atoms with E-state index >= 15 is 0 Å². The number of aromatic nitrogens is 1. The second kappa shape index (κ2) is 5.97. The van der Waals surface area contributed by atoms with Crippen molar-refractivity contribution in [2.75, 3.05) is 0 Å². The molecule has 0 fully saturated rings. The van der Waals surface area contributed by atoms with Crippen molar-refractivity contribution < 1.29 is 4.79 Å². The minimum absolute atomic E-state index is 0.118. The van der Waals surface area contributed by atoms with E-state index < -0.39 is 0 Å². The Morgan fingerprint density at radius 1 is 0.958 bits per heavy atom. The Morgan fingerprint density at radius 3 is 2.58 bits per heavy atom. The molecule has 2 heteroatoms. The summed E-state index contributed by atoms with van der Waals surface area (Å²) in [5, 5.41) is 3.53. The van der Waals surface area contributed by atoms with Crippen molar-refractivity contribution in [3.8, 4) is 0 Å². The molecule has 4 rings (SSSR count). The molecule has 1 unspecified atom stereocenters. The Morgan fingerprint density at radius 2 is 1.71 bits per heavy atom. The van der Waals surface area contributed by atoms with Gasteiger partial charge in [-0.15, -0.1) is 0 Å². The Labute approximate surface area is 141 Å². The molecule has 1 heterocycles. The Bertz CT molecular complexity index is 1030. The highest BCUT2D eigenvalue weighted by Gasteiger charge is 2.19. The molecule has 0 saturated heterocycles. The summed E-state index contributed by atoms with van der Waals surface area (Å²) in [5.74, 6) is 0.127. The third kappa shape index (κ3) is 2.61. The van der Waals surface area contributed by atoms with Gasteiger partial charge in [-0.2, -0.15) is 0 Å². The van der Waals surface area contributed by atoms with E-state index in [2.05, 4.69) is 41.4 Å². The maximum atomic E-state index is 12.8. The first-order valence-electron chi connectivity index (χ1n) is 8.29. The molecular weight excluding hydrogens is 294 g/mol. The summed E-state index contributed by atoms with van der Waals surface area (Å²) < 4.78 is 0. The number of carbonyl (C=O) groups is 1. The first kappa shape index (κ1) is 14.7. The number of ketones is 1. The average Bonchev–Trinajstić information content (AvgIpc) is 3.05. The zero-order valence-electron chi connectivity index (χ0n) is 13.6. The molecule has 4 aromatic rings. The van der Waals surface area contributed by atoms with Crippen molar-refractivity contribution in [1.82, 2.24) is 4.98 Å². The lowest BCUT2D eigenvalue weighted by Crippen LogP contribution is -2.11. The smallest absolute Gasteiger partial charge is 0.144 e. The van der Waals surface area contributed by atoms with Crippen LogP contribution in [0.15, 0.2) is 72.9 Å². The monoisotopic (exact) mass is 313 g/mol. The van der Waals surface area contributed by atoms with Gasteiger partial charge in [0, 0.05) is 29.4 Å². The number of hydrogen-bond acceptors (Lipinski definition) is 1. The number of para-hydroxylation sites is 1. The van der Waals surface area contributed by atoms with Crippen molar-refractivity contribution in [1.29, 1.82) is 0 Å². The summed E-state index contributed by atoms with van der Waals surface area (Å²) in [4.78, 5) is 16.0. The minimum Gasteiger partial charge on any atom is -0.361 e. The highest BCUT2D eigenvalue weighted by Crippen LogP contribution is 2.27. The molecule has 1 N–H and O–H groups in total. The fraction of sp³-hybridized carbons (Fsp3) is 0.136. The van der Waals surface area contributed by atoms with Gasteiger partial charge in [0.05, 0.1) is 0 Å². The van der Waals surface area contributed by atoms with Crippen molar-refractivity contribution in [2.24, 2.45) is 0 Å². The van der Waals surface area contributed by atoms with E-state index in [-0.39, 0.29) is 11.7 Å². The molecule has 2 nitrogen and oxygen atoms in total. The first-order chi connectivity index (χ1) is 11.7. The van der Waals surface area contributed by atoms with Crippen LogP contribution in [0.5, 0.6) is 0 Å². The number of benzene rings is 3. The second-order valence-corrected chi connectivity index (χ2v) is 6.34. The molecule has 1 atom stereocenters. The SMILES string of the molecule is CC(C(=O)Cc1ccc2ccccc2c1)c1c[nH]c2ccccc12. The summed E-state index contributed by atoms with van der Waals surface area (Å²) >= 11 is 0. The van der Waals surface area contributed by atoms with E-state index in [9.17, 15) is 4.79 Å². The normalized spacial score (nSPS) is 12.5. The summed E-state index contributed by atoms with van der Waals surface area (Å²) in [6.45, 7) is 2.00. The zero-order chi connectivity index (χ0) is 16.5. The number of nitrogens with one attached hydrogen (secondary N) is 1. The first-order valence-corrected chi connectivity index (χ1v) is 8.29. The van der Waals surface area contributed by atoms with E-state index in [1.165, 1.54) is 10.8 Å². The quantitative estimate of drug-likeness (QED) is 0.549. The molecule has 0 radical (unpaired) electrons. The number of H-pyrrole nitrogens is 1. The van der Waals surface area contributed by atoms with Gasteiger partial charge in [-0.1, -0.05) is 67.6 Å². The van der Waals surface area contributed by atoms with Crippen LogP contribution in [0.4, 0.5) is 0 Å². The Kier molecular flexibility index (Phi) is 3.66. The molecule has 0 amide bonds. The van der Waals surface area contributed by atoms with Gasteiger partial charge in [-0.3, -0.25) is 4.79 Å². The molecule has 0 bridgehead atoms. The minimum atomic E-state index is -0.118. The van der Waals surface area contributed by atoms with Crippen LogP contribution in [0.2, 0.25) is 0 Å². The molecule has 118 valence electrons. The van der Waals surface area contributed by atoms with Gasteiger partial charge < -0.3 is 4.98 Å². The van der Waals surface area contributed by atoms with E-state index in [1.807, 2.05) is 43.5 Å². The zero-order valence-corrected chi connectivity index (χ0v) is 13.6. The summed E-state index contributed by atoms with van der Waals surface area (Å²) in [6.07, 6.45) is 2.43. The lowest BCUT2D eigenvalue weighted by molar-refractivity contribution is -0.119. The lowest BCUT2D eigenvalue weighted by Gasteiger charge is -2.10. The molecule has 0 aliphatic rings. The van der Waals surface area contributed by atoms with Gasteiger partial charge >= 0.3 is 0 Å². The highest BCUT2D eigenvalue weighted by atomic mass is 16.1. The van der Waals surface area contributed by atoms with E-state index in [0.29, 0.717) is 6.42 Å². The van der Waals surface area contributed by atoms with Crippen LogP contribution in [-0.2, 0) is 11.2 Å². The van der Waals surface area contributed by atoms with Crippen molar-refractivity contribution in [3.63, 3.8) is 0 Å². The molecular formula is C22H19NO. The molecule has 1 aromatic heterocycles. The maximum Gasteiger partial charge on any atom is 0.144 e. The van der Waals surface area contributed by atoms with Crippen LogP contribution in [0, 0.1) is 0 Å². The van der Waals surface area contributed by atoms with Gasteiger partial charge in [0.25, 0.3) is 0 Å². The number of fused-ring (bicyclic) bond motifs is 2. The summed E-state index contributed by atoms with van der Waals surface area (Å²) in [7, 11) is 0. The van der Waals surface area contributed by atoms with Crippen LogP contribution >= 0.6 is 0 Å². The molecule has 0 spiro atoms. The fourth-order valence-corrected chi connectivity index (χ4v) is 3.33. The number of aromatic amines is 1. The van der Waals surface area contributed by atoms with Crippen LogP contribution in [0.3, 0.4) is 0 Å². The van der Waals surface area contributed by atoms with Gasteiger partial charge in [-0.05, 0) is 28.0 Å². The number of hydrogen-bond donors (Lipinski definition) is 1. The summed E-state index contributed by atoms with van der Waals surface area (Å²) in [5.41, 5.74) is 3.24. The molecule has 0 aliphatic carbocycles. The van der Waals surface area contributed by atoms with Crippen LogP contribution in [0.1, 0.15) is 24.0 Å². The predicted molar refractivity (Wildman–Crippen MR) is 99.4 cm³/mol. The average molecular weight is 313 g/mol. The Hall–Kier alpha value is -2.87. The maximum absolute atomic E-state index is 12.8. The third-order valence-electron chi connectivity index (χ3n) is 4.76. The van der Waals surface area contributed by atoms with Gasteiger partial charge in [0.1, 0.15) is 5.78 Å². The summed E-state index contributed by atoms with van der Waals surface area (Å²) in [6, 6.07) is 22.6. The van der Waals surface area contributed by atoms with Crippen molar-refractivity contribution >= 4 is 27.5 Å². The lowest BCUT2D eigenvalue weighted by atomic mass is 9.92. The fourth-order valence-electron chi connectivity index (χ4n) is 3.33. The number of Topliss-reactive ketones (excluding diaryl/α,β-unsaturated/α-hetero) is 1. The van der Waals surface area contributed by atoms with Crippen molar-refractivity contribution in [3.05, 3.63) is 84.1 Å². The van der Waals surface area contributed by atoms with Crippen LogP contribution in [0.25, 0.3) is 21.7 Å². The molecule has 24 heavy (non-hydrogen) atoms. The van der Waals surface area contributed by atoms with Crippen molar-refractivity contribution in [2.45, 2.75) is 19.3 Å². The topological polar surface area (TPSA) is 32.9 Å². The molecule has 3 aromatic carbocycles. The van der Waals surface area contributed by atoms with Crippen LogP contribution < -0.4 is 0 Å². The Balaban J connectivity index is 1.60. The number of rotatable bonds is 4. The largest absolute Gasteiger partial charge is 0.361 e. The second-order valence-electron chi connectivity index (χ2n) is 6.34. The van der Waals surface area contributed by atoms with E-state index in [1.54, 1.807) is 0 Å². The van der Waals surface area contributed by atoms with Gasteiger partial charge in [0.15, 0.2) is 0 Å². The molecule has 0 aliphatic heterocycles. The number of carbonyl (C=O) groups excluding carboxylic acids is 1. The third-order valence-corrected chi connectivity index (χ3v) is 4.76. The van der Waals surface area contributed by atoms with Gasteiger partial charge in [-0.25, -0.2) is 0 Å². The van der Waals surface area contributed by atoms with E-state index in [0.717, 1.165) is 22.0 Å². The van der Waals surface area contributed by atoms with Gasteiger partial charge in [0.2, 0.25) is 0 Å². The standard InChI is InChI=1S/C22H19NO/c1-15(20-14-23-21-9-5-4-8-19(20)21)22(24)13-16-10-11-17-6-2-3-7-18(17)12-16/h2-12,14-15,23H,13H2,1H3.